The van der Waals surface area contributed by atoms with Crippen molar-refractivity contribution in [2.75, 3.05) is 20.8 Å². The number of methoxy groups -OCH3 is 2. The van der Waals surface area contributed by atoms with E-state index in [1.807, 2.05) is 42.6 Å². The van der Waals surface area contributed by atoms with Crippen molar-refractivity contribution in [1.82, 2.24) is 15.3 Å². The van der Waals surface area contributed by atoms with Gasteiger partial charge in [-0.3, -0.25) is 9.59 Å². The normalized spacial score (nSPS) is 11.5. The fourth-order valence-electron chi connectivity index (χ4n) is 3.64. The van der Waals surface area contributed by atoms with Gasteiger partial charge in [-0.15, -0.1) is 0 Å². The first-order valence-corrected chi connectivity index (χ1v) is 10.8. The van der Waals surface area contributed by atoms with Crippen molar-refractivity contribution in [3.8, 4) is 11.5 Å². The molecule has 2 aromatic heterocycles. The molecule has 0 aliphatic rings. The van der Waals surface area contributed by atoms with Crippen molar-refractivity contribution in [3.63, 3.8) is 0 Å². The lowest BCUT2D eigenvalue weighted by molar-refractivity contribution is -0.138. The van der Waals surface area contributed by atoms with E-state index in [4.69, 9.17) is 20.3 Å². The lowest BCUT2D eigenvalue weighted by Crippen LogP contribution is -2.32. The third kappa shape index (κ3) is 6.08. The van der Waals surface area contributed by atoms with Gasteiger partial charge < -0.3 is 35.6 Å². The van der Waals surface area contributed by atoms with Gasteiger partial charge in [0.2, 0.25) is 5.91 Å². The van der Waals surface area contributed by atoms with E-state index in [1.54, 1.807) is 20.4 Å². The summed E-state index contributed by atoms with van der Waals surface area (Å²) in [5.41, 5.74) is 9.63. The first kappa shape index (κ1) is 24.7. The molecule has 0 aliphatic heterocycles. The number of aliphatic carboxylic acids is 1. The van der Waals surface area contributed by atoms with E-state index in [0.717, 1.165) is 45.3 Å². The monoisotopic (exact) mass is 466 g/mol. The molecule has 4 aromatic rings. The van der Waals surface area contributed by atoms with Crippen LogP contribution < -0.4 is 20.5 Å². The van der Waals surface area contributed by atoms with E-state index in [9.17, 15) is 9.59 Å². The van der Waals surface area contributed by atoms with Crippen LogP contribution >= 0.6 is 0 Å². The first-order chi connectivity index (χ1) is 16.3. The van der Waals surface area contributed by atoms with Crippen LogP contribution in [0.4, 0.5) is 0 Å². The van der Waals surface area contributed by atoms with Crippen molar-refractivity contribution >= 4 is 33.7 Å². The summed E-state index contributed by atoms with van der Waals surface area (Å²) in [6.45, 7) is 2.18. The van der Waals surface area contributed by atoms with Gasteiger partial charge in [0.25, 0.3) is 0 Å². The number of carboxylic acid groups (broad SMARTS) is 1. The SMILES string of the molecule is COc1ccc2[nH]cc(CC(N)C(=O)O)c2c1.COc1ccc2[nH]cc(CCNC(C)=O)c2c1. The number of H-pyrrole nitrogens is 2. The summed E-state index contributed by atoms with van der Waals surface area (Å²) in [5.74, 6) is 0.588. The number of aromatic nitrogens is 2. The molecule has 9 nitrogen and oxygen atoms in total. The number of carboxylic acids is 1. The van der Waals surface area contributed by atoms with Crippen molar-refractivity contribution in [2.45, 2.75) is 25.8 Å². The highest BCUT2D eigenvalue weighted by Crippen LogP contribution is 2.25. The standard InChI is InChI=1S/C13H16N2O2.C12H14N2O3/c1-9(16)14-6-5-10-8-15-13-4-3-11(17-2)7-12(10)13;1-17-8-2-3-11-9(5-8)7(6-14-11)4-10(13)12(15)16/h3-4,7-8,15H,5-6H2,1-2H3,(H,14,16);2-3,5-6,10,14H,4,13H2,1H3,(H,15,16). The van der Waals surface area contributed by atoms with Crippen LogP contribution in [0.15, 0.2) is 48.8 Å². The molecule has 2 heterocycles. The summed E-state index contributed by atoms with van der Waals surface area (Å²) >= 11 is 0. The fraction of sp³-hybridized carbons (Fsp3) is 0.280. The number of ether oxygens (including phenoxy) is 2. The summed E-state index contributed by atoms with van der Waals surface area (Å²) in [5, 5.41) is 13.7. The molecule has 0 saturated heterocycles. The Bertz CT molecular complexity index is 1280. The smallest absolute Gasteiger partial charge is 0.320 e. The van der Waals surface area contributed by atoms with Crippen molar-refractivity contribution in [3.05, 3.63) is 59.9 Å². The van der Waals surface area contributed by atoms with Gasteiger partial charge in [-0.05, 0) is 53.9 Å². The Balaban J connectivity index is 0.000000191. The maximum atomic E-state index is 10.8. The predicted octanol–water partition coefficient (Wildman–Crippen LogP) is 2.99. The minimum Gasteiger partial charge on any atom is -0.497 e. The maximum Gasteiger partial charge on any atom is 0.320 e. The van der Waals surface area contributed by atoms with Crippen LogP contribution in [0, 0.1) is 0 Å². The van der Waals surface area contributed by atoms with Gasteiger partial charge >= 0.3 is 5.97 Å². The number of fused-ring (bicyclic) bond motifs is 2. The van der Waals surface area contributed by atoms with Gasteiger partial charge in [0, 0.05) is 54.1 Å². The second kappa shape index (κ2) is 11.2. The number of nitrogens with two attached hydrogens (primary N) is 1. The van der Waals surface area contributed by atoms with Crippen molar-refractivity contribution in [1.29, 1.82) is 0 Å². The predicted molar refractivity (Wildman–Crippen MR) is 131 cm³/mol. The maximum absolute atomic E-state index is 10.8. The molecule has 1 unspecified atom stereocenters. The molecule has 4 rings (SSSR count). The molecule has 0 aliphatic carbocycles. The van der Waals surface area contributed by atoms with Gasteiger partial charge in [0.1, 0.15) is 17.5 Å². The van der Waals surface area contributed by atoms with E-state index in [1.165, 1.54) is 12.5 Å². The minimum atomic E-state index is -0.998. The molecule has 2 aromatic carbocycles. The lowest BCUT2D eigenvalue weighted by Gasteiger charge is -2.05. The zero-order valence-corrected chi connectivity index (χ0v) is 19.5. The van der Waals surface area contributed by atoms with Crippen LogP contribution in [0.3, 0.4) is 0 Å². The molecule has 0 fully saturated rings. The molecule has 0 spiro atoms. The molecule has 0 saturated carbocycles. The summed E-state index contributed by atoms with van der Waals surface area (Å²) < 4.78 is 10.3. The van der Waals surface area contributed by atoms with Gasteiger partial charge in [-0.1, -0.05) is 0 Å². The number of carbonyl (C=O) groups excluding carboxylic acids is 1. The van der Waals surface area contributed by atoms with E-state index < -0.39 is 12.0 Å². The second-order valence-electron chi connectivity index (χ2n) is 7.83. The average Bonchev–Trinajstić information content (AvgIpc) is 3.42. The Morgan fingerprint density at radius 1 is 0.971 bits per heavy atom. The van der Waals surface area contributed by atoms with Gasteiger partial charge in [0.05, 0.1) is 14.2 Å². The third-order valence-corrected chi connectivity index (χ3v) is 5.47. The van der Waals surface area contributed by atoms with Crippen molar-refractivity contribution < 1.29 is 24.2 Å². The molecule has 1 amide bonds. The number of rotatable bonds is 8. The minimum absolute atomic E-state index is 0.00224. The van der Waals surface area contributed by atoms with Crippen LogP contribution in [-0.2, 0) is 22.4 Å². The topological polar surface area (TPSA) is 142 Å². The number of amides is 1. The molecular weight excluding hydrogens is 436 g/mol. The number of nitrogens with one attached hydrogen (secondary N) is 3. The molecule has 0 radical (unpaired) electrons. The Labute approximate surface area is 197 Å². The Hall–Kier alpha value is -3.98. The van der Waals surface area contributed by atoms with E-state index in [2.05, 4.69) is 15.3 Å². The quantitative estimate of drug-likeness (QED) is 0.270. The molecule has 1 atom stereocenters. The number of benzene rings is 2. The summed E-state index contributed by atoms with van der Waals surface area (Å²) in [6.07, 6.45) is 4.87. The Morgan fingerprint density at radius 2 is 1.50 bits per heavy atom. The summed E-state index contributed by atoms with van der Waals surface area (Å²) in [4.78, 5) is 27.8. The number of hydrogen-bond acceptors (Lipinski definition) is 5. The Morgan fingerprint density at radius 3 is 2.00 bits per heavy atom. The molecule has 0 bridgehead atoms. The highest BCUT2D eigenvalue weighted by molar-refractivity contribution is 5.86. The van der Waals surface area contributed by atoms with Crippen molar-refractivity contribution in [2.24, 2.45) is 5.73 Å². The second-order valence-corrected chi connectivity index (χ2v) is 7.83. The lowest BCUT2D eigenvalue weighted by atomic mass is 10.1. The van der Waals surface area contributed by atoms with Gasteiger partial charge in [0.15, 0.2) is 0 Å². The first-order valence-electron chi connectivity index (χ1n) is 10.8. The fourth-order valence-corrected chi connectivity index (χ4v) is 3.64. The van der Waals surface area contributed by atoms with Crippen LogP contribution in [0.25, 0.3) is 21.8 Å². The highest BCUT2D eigenvalue weighted by Gasteiger charge is 2.15. The third-order valence-electron chi connectivity index (χ3n) is 5.47. The van der Waals surface area contributed by atoms with Gasteiger partial charge in [-0.2, -0.15) is 0 Å². The van der Waals surface area contributed by atoms with Crippen LogP contribution in [0.1, 0.15) is 18.1 Å². The number of aromatic amines is 2. The molecule has 9 heteroatoms. The van der Waals surface area contributed by atoms with Crippen LogP contribution in [0.5, 0.6) is 11.5 Å². The van der Waals surface area contributed by atoms with E-state index in [0.29, 0.717) is 13.0 Å². The molecule has 6 N–H and O–H groups in total. The number of hydrogen-bond donors (Lipinski definition) is 5. The van der Waals surface area contributed by atoms with E-state index >= 15 is 0 Å². The van der Waals surface area contributed by atoms with Crippen LogP contribution in [-0.4, -0.2) is 53.8 Å². The average molecular weight is 467 g/mol. The largest absolute Gasteiger partial charge is 0.497 e. The van der Waals surface area contributed by atoms with Crippen LogP contribution in [0.2, 0.25) is 0 Å². The molecular formula is C25H30N4O5. The number of carbonyl (C=O) groups is 2. The zero-order valence-electron chi connectivity index (χ0n) is 19.5. The highest BCUT2D eigenvalue weighted by atomic mass is 16.5. The Kier molecular flexibility index (Phi) is 8.15. The van der Waals surface area contributed by atoms with E-state index in [-0.39, 0.29) is 5.91 Å². The summed E-state index contributed by atoms with van der Waals surface area (Å²) in [6, 6.07) is 10.7. The summed E-state index contributed by atoms with van der Waals surface area (Å²) in [7, 11) is 3.25. The molecule has 34 heavy (non-hydrogen) atoms. The molecule has 180 valence electrons. The van der Waals surface area contributed by atoms with Gasteiger partial charge in [-0.25, -0.2) is 0 Å². The zero-order chi connectivity index (χ0) is 24.7.